The molecule has 2 heterocycles. The second-order valence-corrected chi connectivity index (χ2v) is 5.23. The molecule has 1 saturated heterocycles. The van der Waals surface area contributed by atoms with Crippen LogP contribution in [0.4, 0.5) is 0 Å². The average molecular weight is 280 g/mol. The van der Waals surface area contributed by atoms with Gasteiger partial charge in [0.05, 0.1) is 19.1 Å². The molecule has 0 saturated carbocycles. The van der Waals surface area contributed by atoms with Gasteiger partial charge in [-0.25, -0.2) is 9.67 Å². The number of nitrogens with zero attached hydrogens (tertiary/aromatic N) is 4. The minimum absolute atomic E-state index is 0.00578. The smallest absolute Gasteiger partial charge is 0.310 e. The standard InChI is InChI=1S/C14H24N4O2/c1-3-7-18-13(15-11-16-18)10-17-8-5-6-12(9-17)14(19)20-4-2/h11-12H,3-10H2,1-2H3/t12-/m1/s1. The molecule has 6 heteroatoms. The predicted molar refractivity (Wildman–Crippen MR) is 74.9 cm³/mol. The van der Waals surface area contributed by atoms with Crippen LogP contribution in [0.1, 0.15) is 38.9 Å². The average Bonchev–Trinajstić information content (AvgIpc) is 2.87. The van der Waals surface area contributed by atoms with E-state index < -0.39 is 0 Å². The van der Waals surface area contributed by atoms with Crippen LogP contribution in [0.5, 0.6) is 0 Å². The van der Waals surface area contributed by atoms with E-state index in [1.165, 1.54) is 0 Å². The Morgan fingerprint density at radius 2 is 2.35 bits per heavy atom. The van der Waals surface area contributed by atoms with E-state index in [1.807, 2.05) is 11.6 Å². The van der Waals surface area contributed by atoms with Gasteiger partial charge in [-0.1, -0.05) is 6.92 Å². The van der Waals surface area contributed by atoms with Crippen molar-refractivity contribution in [2.24, 2.45) is 5.92 Å². The summed E-state index contributed by atoms with van der Waals surface area (Å²) in [5.41, 5.74) is 0. The largest absolute Gasteiger partial charge is 0.466 e. The molecule has 112 valence electrons. The molecule has 0 bridgehead atoms. The van der Waals surface area contributed by atoms with Gasteiger partial charge in [0.15, 0.2) is 0 Å². The Morgan fingerprint density at radius 1 is 1.50 bits per heavy atom. The summed E-state index contributed by atoms with van der Waals surface area (Å²) < 4.78 is 7.08. The van der Waals surface area contributed by atoms with Gasteiger partial charge in [0, 0.05) is 13.1 Å². The van der Waals surface area contributed by atoms with E-state index in [4.69, 9.17) is 4.74 Å². The highest BCUT2D eigenvalue weighted by molar-refractivity contribution is 5.72. The summed E-state index contributed by atoms with van der Waals surface area (Å²) in [5, 5.41) is 4.24. The Bertz CT molecular complexity index is 433. The molecule has 0 amide bonds. The maximum Gasteiger partial charge on any atom is 0.310 e. The maximum absolute atomic E-state index is 11.8. The number of rotatable bonds is 6. The molecule has 0 aromatic carbocycles. The summed E-state index contributed by atoms with van der Waals surface area (Å²) in [5.74, 6) is 0.926. The van der Waals surface area contributed by atoms with Crippen molar-refractivity contribution in [3.63, 3.8) is 0 Å². The summed E-state index contributed by atoms with van der Waals surface area (Å²) in [6.07, 6.45) is 4.61. The van der Waals surface area contributed by atoms with Crippen LogP contribution in [0.25, 0.3) is 0 Å². The van der Waals surface area contributed by atoms with Gasteiger partial charge in [0.25, 0.3) is 0 Å². The highest BCUT2D eigenvalue weighted by atomic mass is 16.5. The number of ether oxygens (including phenoxy) is 1. The van der Waals surface area contributed by atoms with Crippen molar-refractivity contribution in [1.29, 1.82) is 0 Å². The number of hydrogen-bond acceptors (Lipinski definition) is 5. The number of piperidine rings is 1. The molecule has 1 atom stereocenters. The molecule has 0 spiro atoms. The van der Waals surface area contributed by atoms with E-state index in [-0.39, 0.29) is 11.9 Å². The first-order valence-electron chi connectivity index (χ1n) is 7.50. The zero-order chi connectivity index (χ0) is 14.4. The molecule has 0 radical (unpaired) electrons. The normalized spacial score (nSPS) is 20.0. The van der Waals surface area contributed by atoms with Crippen LogP contribution in [0.15, 0.2) is 6.33 Å². The van der Waals surface area contributed by atoms with Crippen molar-refractivity contribution >= 4 is 5.97 Å². The summed E-state index contributed by atoms with van der Waals surface area (Å²) in [6.45, 7) is 7.86. The van der Waals surface area contributed by atoms with Gasteiger partial charge >= 0.3 is 5.97 Å². The molecular weight excluding hydrogens is 256 g/mol. The first-order chi connectivity index (χ1) is 9.74. The van der Waals surface area contributed by atoms with Gasteiger partial charge in [0.2, 0.25) is 0 Å². The predicted octanol–water partition coefficient (Wildman–Crippen LogP) is 1.46. The fraction of sp³-hybridized carbons (Fsp3) is 0.786. The fourth-order valence-corrected chi connectivity index (χ4v) is 2.66. The molecule has 20 heavy (non-hydrogen) atoms. The molecule has 0 N–H and O–H groups in total. The second-order valence-electron chi connectivity index (χ2n) is 5.23. The summed E-state index contributed by atoms with van der Waals surface area (Å²) >= 11 is 0. The number of carbonyl (C=O) groups is 1. The summed E-state index contributed by atoms with van der Waals surface area (Å²) in [6, 6.07) is 0. The Balaban J connectivity index is 1.92. The van der Waals surface area contributed by atoms with Crippen LogP contribution in [0, 0.1) is 5.92 Å². The topological polar surface area (TPSA) is 60.2 Å². The van der Waals surface area contributed by atoms with Crippen molar-refractivity contribution in [3.05, 3.63) is 12.2 Å². The maximum atomic E-state index is 11.8. The number of aromatic nitrogens is 3. The number of hydrogen-bond donors (Lipinski definition) is 0. The van der Waals surface area contributed by atoms with Crippen LogP contribution in [0.3, 0.4) is 0 Å². The number of esters is 1. The Hall–Kier alpha value is -1.43. The van der Waals surface area contributed by atoms with E-state index in [0.717, 1.165) is 51.3 Å². The quantitative estimate of drug-likeness (QED) is 0.738. The third kappa shape index (κ3) is 3.79. The minimum Gasteiger partial charge on any atom is -0.466 e. The van der Waals surface area contributed by atoms with Crippen molar-refractivity contribution in [2.45, 2.75) is 46.2 Å². The van der Waals surface area contributed by atoms with Crippen LogP contribution in [0.2, 0.25) is 0 Å². The van der Waals surface area contributed by atoms with Crippen LogP contribution in [-0.2, 0) is 22.6 Å². The SMILES string of the molecule is CCCn1ncnc1CN1CCC[C@@H](C(=O)OCC)C1. The molecule has 0 unspecified atom stereocenters. The zero-order valence-corrected chi connectivity index (χ0v) is 12.4. The highest BCUT2D eigenvalue weighted by Crippen LogP contribution is 2.19. The van der Waals surface area contributed by atoms with Gasteiger partial charge in [0.1, 0.15) is 12.2 Å². The second kappa shape index (κ2) is 7.38. The molecule has 1 fully saturated rings. The third-order valence-electron chi connectivity index (χ3n) is 3.62. The molecule has 2 rings (SSSR count). The van der Waals surface area contributed by atoms with Crippen LogP contribution < -0.4 is 0 Å². The van der Waals surface area contributed by atoms with E-state index in [1.54, 1.807) is 6.33 Å². The van der Waals surface area contributed by atoms with Crippen LogP contribution in [-0.4, -0.2) is 45.3 Å². The minimum atomic E-state index is -0.0628. The van der Waals surface area contributed by atoms with Gasteiger partial charge < -0.3 is 4.74 Å². The number of aryl methyl sites for hydroxylation is 1. The molecule has 1 aliphatic heterocycles. The van der Waals surface area contributed by atoms with E-state index in [2.05, 4.69) is 21.9 Å². The molecule has 0 aliphatic carbocycles. The highest BCUT2D eigenvalue weighted by Gasteiger charge is 2.27. The van der Waals surface area contributed by atoms with Crippen molar-refractivity contribution in [3.8, 4) is 0 Å². The monoisotopic (exact) mass is 280 g/mol. The zero-order valence-electron chi connectivity index (χ0n) is 12.4. The Morgan fingerprint density at radius 3 is 3.10 bits per heavy atom. The third-order valence-corrected chi connectivity index (χ3v) is 3.62. The van der Waals surface area contributed by atoms with E-state index in [0.29, 0.717) is 6.61 Å². The lowest BCUT2D eigenvalue weighted by Crippen LogP contribution is -2.39. The summed E-state index contributed by atoms with van der Waals surface area (Å²) in [4.78, 5) is 18.4. The van der Waals surface area contributed by atoms with Gasteiger partial charge in [-0.05, 0) is 32.7 Å². The van der Waals surface area contributed by atoms with E-state index in [9.17, 15) is 4.79 Å². The Labute approximate surface area is 120 Å². The molecule has 1 aliphatic rings. The lowest BCUT2D eigenvalue weighted by molar-refractivity contribution is -0.150. The summed E-state index contributed by atoms with van der Waals surface area (Å²) in [7, 11) is 0. The Kier molecular flexibility index (Phi) is 5.52. The molecule has 1 aromatic rings. The van der Waals surface area contributed by atoms with Gasteiger partial charge in [-0.15, -0.1) is 0 Å². The molecular formula is C14H24N4O2. The lowest BCUT2D eigenvalue weighted by atomic mass is 9.98. The van der Waals surface area contributed by atoms with Gasteiger partial charge in [-0.3, -0.25) is 9.69 Å². The van der Waals surface area contributed by atoms with Crippen molar-refractivity contribution < 1.29 is 9.53 Å². The first kappa shape index (κ1) is 15.0. The lowest BCUT2D eigenvalue weighted by Gasteiger charge is -2.31. The molecule has 6 nitrogen and oxygen atoms in total. The first-order valence-corrected chi connectivity index (χ1v) is 7.50. The fourth-order valence-electron chi connectivity index (χ4n) is 2.66. The van der Waals surface area contributed by atoms with Crippen molar-refractivity contribution in [1.82, 2.24) is 19.7 Å². The number of carbonyl (C=O) groups excluding carboxylic acids is 1. The van der Waals surface area contributed by atoms with Gasteiger partial charge in [-0.2, -0.15) is 5.10 Å². The van der Waals surface area contributed by atoms with E-state index >= 15 is 0 Å². The van der Waals surface area contributed by atoms with Crippen LogP contribution >= 0.6 is 0 Å². The van der Waals surface area contributed by atoms with Crippen molar-refractivity contribution in [2.75, 3.05) is 19.7 Å². The molecule has 1 aromatic heterocycles. The number of likely N-dealkylation sites (tertiary alicyclic amines) is 1.